The van der Waals surface area contributed by atoms with Crippen molar-refractivity contribution in [2.45, 2.75) is 83.5 Å². The van der Waals surface area contributed by atoms with Crippen molar-refractivity contribution in [1.82, 2.24) is 0 Å². The maximum absolute atomic E-state index is 4.93. The van der Waals surface area contributed by atoms with Gasteiger partial charge in [0.25, 0.3) is 0 Å². The number of hydrogen-bond acceptors (Lipinski definition) is 0. The Bertz CT molecular complexity index is 1630. The van der Waals surface area contributed by atoms with Crippen molar-refractivity contribution >= 4 is 38.6 Å². The van der Waals surface area contributed by atoms with Crippen molar-refractivity contribution in [3.8, 4) is 0 Å². The maximum atomic E-state index is 4.93. The minimum Gasteiger partial charge on any atom is -0.168 e. The molecule has 0 aromatic heterocycles. The predicted octanol–water partition coefficient (Wildman–Crippen LogP) is 12.6. The van der Waals surface area contributed by atoms with E-state index in [4.69, 9.17) is 17.0 Å². The van der Waals surface area contributed by atoms with Crippen LogP contribution in [0.4, 0.5) is 0 Å². The molecule has 5 aliphatic carbocycles. The van der Waals surface area contributed by atoms with Crippen molar-refractivity contribution in [1.29, 1.82) is 0 Å². The Morgan fingerprint density at radius 2 is 1.02 bits per heavy atom. The number of aryl methyl sites for hydroxylation is 2. The summed E-state index contributed by atoms with van der Waals surface area (Å²) >= 11 is -0.826. The SMILES string of the molecule is C1=CC2(CCC3(C=CC4=C3CCCC4)C2)C2=C1CCCC2.[Cl][Zr+2][Cl].c1ccc2c(c1)cc[c-]2CC[c-]1ccc2ccccc21. The maximum Gasteiger partial charge on any atom is -0.0668 e. The smallest absolute Gasteiger partial charge is 0.0668 e. The first kappa shape index (κ1) is 30.7. The fourth-order valence-electron chi connectivity index (χ4n) is 9.20. The van der Waals surface area contributed by atoms with Crippen LogP contribution in [0, 0.1) is 10.8 Å². The van der Waals surface area contributed by atoms with Gasteiger partial charge in [0.15, 0.2) is 0 Å². The second kappa shape index (κ2) is 13.4. The number of rotatable bonds is 3. The number of allylic oxidation sites excluding steroid dienone is 8. The van der Waals surface area contributed by atoms with Crippen molar-refractivity contribution in [2.24, 2.45) is 10.8 Å². The summed E-state index contributed by atoms with van der Waals surface area (Å²) in [5.74, 6) is 0. The first-order valence-corrected chi connectivity index (χ1v) is 23.0. The normalized spacial score (nSPS) is 24.9. The molecule has 0 heterocycles. The van der Waals surface area contributed by atoms with E-state index in [0.29, 0.717) is 10.8 Å². The van der Waals surface area contributed by atoms with Gasteiger partial charge in [-0.05, 0) is 81.8 Å². The molecule has 0 aliphatic heterocycles. The molecule has 4 aromatic carbocycles. The summed E-state index contributed by atoms with van der Waals surface area (Å²) < 4.78 is 0. The fraction of sp³-hybridized carbons (Fsp3) is 0.366. The molecule has 0 saturated heterocycles. The Hall–Kier alpha value is -1.92. The van der Waals surface area contributed by atoms with E-state index in [0.717, 1.165) is 12.8 Å². The van der Waals surface area contributed by atoms with Crippen LogP contribution in [0.2, 0.25) is 0 Å². The zero-order valence-electron chi connectivity index (χ0n) is 25.7. The second-order valence-electron chi connectivity index (χ2n) is 13.5. The van der Waals surface area contributed by atoms with E-state index in [-0.39, 0.29) is 0 Å². The Morgan fingerprint density at radius 1 is 0.591 bits per heavy atom. The first-order chi connectivity index (χ1) is 21.6. The van der Waals surface area contributed by atoms with Crippen molar-refractivity contribution < 1.29 is 20.8 Å². The molecular formula is C41H42Cl2Zr. The fourth-order valence-corrected chi connectivity index (χ4v) is 9.20. The van der Waals surface area contributed by atoms with Gasteiger partial charge in [0.05, 0.1) is 0 Å². The van der Waals surface area contributed by atoms with Gasteiger partial charge in [-0.15, -0.1) is 81.2 Å². The monoisotopic (exact) mass is 694 g/mol. The summed E-state index contributed by atoms with van der Waals surface area (Å²) in [6, 6.07) is 26.3. The van der Waals surface area contributed by atoms with Crippen molar-refractivity contribution in [2.75, 3.05) is 0 Å². The molecule has 224 valence electrons. The number of hydrogen-bond donors (Lipinski definition) is 0. The van der Waals surface area contributed by atoms with Crippen LogP contribution in [-0.4, -0.2) is 0 Å². The molecule has 44 heavy (non-hydrogen) atoms. The molecule has 2 unspecified atom stereocenters. The molecule has 9 rings (SSSR count). The average Bonchev–Trinajstić information content (AvgIpc) is 3.90. The Kier molecular flexibility index (Phi) is 9.38. The molecule has 3 heteroatoms. The molecule has 4 aromatic rings. The van der Waals surface area contributed by atoms with E-state index in [1.165, 1.54) is 103 Å². The third-order valence-electron chi connectivity index (χ3n) is 11.3. The molecule has 0 nitrogen and oxygen atoms in total. The van der Waals surface area contributed by atoms with Crippen LogP contribution in [0.25, 0.3) is 21.5 Å². The second-order valence-corrected chi connectivity index (χ2v) is 17.3. The molecule has 1 saturated carbocycles. The van der Waals surface area contributed by atoms with Crippen LogP contribution in [0.15, 0.2) is 119 Å². The van der Waals surface area contributed by atoms with Crippen LogP contribution >= 0.6 is 17.0 Å². The summed E-state index contributed by atoms with van der Waals surface area (Å²) in [4.78, 5) is 0. The zero-order valence-corrected chi connectivity index (χ0v) is 29.7. The minimum absolute atomic E-state index is 0.458. The molecule has 0 radical (unpaired) electrons. The van der Waals surface area contributed by atoms with E-state index in [1.54, 1.807) is 11.1 Å². The van der Waals surface area contributed by atoms with Gasteiger partial charge in [0.1, 0.15) is 0 Å². The molecule has 0 N–H and O–H groups in total. The van der Waals surface area contributed by atoms with E-state index in [9.17, 15) is 0 Å². The van der Waals surface area contributed by atoms with E-state index >= 15 is 0 Å². The van der Waals surface area contributed by atoms with Gasteiger partial charge in [-0.3, -0.25) is 0 Å². The van der Waals surface area contributed by atoms with Crippen LogP contribution in [0.1, 0.15) is 81.8 Å². The third-order valence-corrected chi connectivity index (χ3v) is 11.3. The average molecular weight is 697 g/mol. The summed E-state index contributed by atoms with van der Waals surface area (Å²) in [5, 5.41) is 5.52. The Balaban J connectivity index is 0.000000131. The van der Waals surface area contributed by atoms with Crippen LogP contribution in [0.5, 0.6) is 0 Å². The van der Waals surface area contributed by atoms with Gasteiger partial charge in [-0.25, -0.2) is 0 Å². The first-order valence-electron chi connectivity index (χ1n) is 16.7. The van der Waals surface area contributed by atoms with Crippen LogP contribution < -0.4 is 0 Å². The van der Waals surface area contributed by atoms with Gasteiger partial charge in [-0.1, -0.05) is 60.4 Å². The topological polar surface area (TPSA) is 0 Å². The van der Waals surface area contributed by atoms with Gasteiger partial charge < -0.3 is 0 Å². The van der Waals surface area contributed by atoms with E-state index in [1.807, 2.05) is 11.1 Å². The summed E-state index contributed by atoms with van der Waals surface area (Å²) in [6.45, 7) is 0. The molecule has 0 bridgehead atoms. The van der Waals surface area contributed by atoms with Gasteiger partial charge >= 0.3 is 37.9 Å². The van der Waals surface area contributed by atoms with E-state index < -0.39 is 20.8 Å². The van der Waals surface area contributed by atoms with E-state index in [2.05, 4.69) is 97.1 Å². The summed E-state index contributed by atoms with van der Waals surface area (Å²) in [6.07, 6.45) is 27.8. The zero-order chi connectivity index (χ0) is 30.0. The third kappa shape index (κ3) is 5.88. The van der Waals surface area contributed by atoms with Gasteiger partial charge in [-0.2, -0.15) is 12.1 Å². The number of fused-ring (bicyclic) bond motifs is 4. The standard InChI is InChI=1S/C21H26.C20H16.2ClH.Zr/c1-3-7-18-16(5-1)9-11-20(18)13-14-21(15-20)12-10-17-6-2-4-8-19(17)21;1-3-7-19-15(5-1)9-11-17(19)13-14-18-12-10-16-6-2-4-8-20(16)18;;;/h9-12H,1-8,13-15H2;1-12H,13-14H2;2*1H;/q;-2;;;+4/p-2. The Morgan fingerprint density at radius 3 is 1.50 bits per heavy atom. The summed E-state index contributed by atoms with van der Waals surface area (Å²) in [5.41, 5.74) is 11.0. The van der Waals surface area contributed by atoms with Crippen LogP contribution in [0.3, 0.4) is 0 Å². The van der Waals surface area contributed by atoms with Gasteiger partial charge in [0.2, 0.25) is 0 Å². The summed E-state index contributed by atoms with van der Waals surface area (Å²) in [7, 11) is 9.87. The molecule has 0 amide bonds. The number of benzene rings is 2. The molecule has 5 aliphatic rings. The molecule has 2 atom stereocenters. The molecular weight excluding hydrogens is 655 g/mol. The Labute approximate surface area is 282 Å². The predicted molar refractivity (Wildman–Crippen MR) is 186 cm³/mol. The minimum atomic E-state index is -0.826. The molecule has 1 fully saturated rings. The van der Waals surface area contributed by atoms with Crippen molar-refractivity contribution in [3.63, 3.8) is 0 Å². The van der Waals surface area contributed by atoms with Gasteiger partial charge in [0, 0.05) is 10.8 Å². The molecule has 2 spiro atoms. The quantitative estimate of drug-likeness (QED) is 0.187. The largest absolute Gasteiger partial charge is 0.168 e. The number of halogens is 2. The van der Waals surface area contributed by atoms with Crippen molar-refractivity contribution in [3.05, 3.63) is 131 Å². The van der Waals surface area contributed by atoms with Crippen LogP contribution in [-0.2, 0) is 33.7 Å².